The van der Waals surface area contributed by atoms with Gasteiger partial charge in [-0.1, -0.05) is 0 Å². The summed E-state index contributed by atoms with van der Waals surface area (Å²) >= 11 is 4.57. The second-order valence-electron chi connectivity index (χ2n) is 5.35. The minimum absolute atomic E-state index is 0.414. The summed E-state index contributed by atoms with van der Waals surface area (Å²) in [6, 6.07) is 0. The molecule has 0 aromatic heterocycles. The van der Waals surface area contributed by atoms with Crippen LogP contribution in [0.4, 0.5) is 0 Å². The van der Waals surface area contributed by atoms with Crippen molar-refractivity contribution in [1.29, 1.82) is 0 Å². The Labute approximate surface area is 105 Å². The topological polar surface area (TPSA) is 15.7 Å². The summed E-state index contributed by atoms with van der Waals surface area (Å²) in [5.74, 6) is 1.00. The highest BCUT2D eigenvalue weighted by molar-refractivity contribution is 7.80. The number of ether oxygens (including phenoxy) is 1. The molecule has 2 aliphatic rings. The molecule has 3 nitrogen and oxygen atoms in total. The van der Waals surface area contributed by atoms with E-state index in [-0.39, 0.29) is 0 Å². The Bertz CT molecular complexity index is 211. The third kappa shape index (κ3) is 3.13. The maximum absolute atomic E-state index is 5.47. The summed E-state index contributed by atoms with van der Waals surface area (Å²) in [6.45, 7) is 7.91. The Morgan fingerprint density at radius 3 is 2.31 bits per heavy atom. The standard InChI is InChI=1S/C12H24N2OS/c1-13-4-6-14(7-5-13)10-12(11-16)2-8-15-9-3-12/h16H,2-11H2,1H3. The number of likely N-dealkylation sites (N-methyl/N-ethyl adjacent to an activating group) is 1. The molecule has 94 valence electrons. The highest BCUT2D eigenvalue weighted by atomic mass is 32.1. The van der Waals surface area contributed by atoms with Gasteiger partial charge in [0.2, 0.25) is 0 Å². The Hall–Kier alpha value is 0.230. The van der Waals surface area contributed by atoms with Crippen LogP contribution in [0, 0.1) is 5.41 Å². The molecule has 0 aromatic carbocycles. The van der Waals surface area contributed by atoms with Crippen molar-refractivity contribution in [3.05, 3.63) is 0 Å². The Morgan fingerprint density at radius 2 is 1.75 bits per heavy atom. The van der Waals surface area contributed by atoms with E-state index in [1.165, 1.54) is 45.6 Å². The van der Waals surface area contributed by atoms with Gasteiger partial charge < -0.3 is 14.5 Å². The van der Waals surface area contributed by atoms with E-state index in [0.717, 1.165) is 19.0 Å². The molecule has 2 heterocycles. The number of hydrogen-bond donors (Lipinski definition) is 1. The molecule has 0 N–H and O–H groups in total. The zero-order valence-electron chi connectivity index (χ0n) is 10.3. The summed E-state index contributed by atoms with van der Waals surface area (Å²) < 4.78 is 5.47. The average molecular weight is 244 g/mol. The summed E-state index contributed by atoms with van der Waals surface area (Å²) in [6.07, 6.45) is 2.37. The average Bonchev–Trinajstić information content (AvgIpc) is 2.33. The Kier molecular flexibility index (Phi) is 4.53. The molecule has 16 heavy (non-hydrogen) atoms. The lowest BCUT2D eigenvalue weighted by Crippen LogP contribution is -2.50. The lowest BCUT2D eigenvalue weighted by molar-refractivity contribution is 0.000710. The molecule has 0 atom stereocenters. The van der Waals surface area contributed by atoms with Gasteiger partial charge in [-0.05, 0) is 31.1 Å². The van der Waals surface area contributed by atoms with Crippen molar-refractivity contribution in [2.24, 2.45) is 5.41 Å². The van der Waals surface area contributed by atoms with Crippen molar-refractivity contribution < 1.29 is 4.74 Å². The van der Waals surface area contributed by atoms with Crippen molar-refractivity contribution >= 4 is 12.6 Å². The number of hydrogen-bond acceptors (Lipinski definition) is 4. The quantitative estimate of drug-likeness (QED) is 0.745. The number of nitrogens with zero attached hydrogens (tertiary/aromatic N) is 2. The van der Waals surface area contributed by atoms with Gasteiger partial charge in [0.1, 0.15) is 0 Å². The molecular weight excluding hydrogens is 220 g/mol. The van der Waals surface area contributed by atoms with E-state index >= 15 is 0 Å². The minimum atomic E-state index is 0.414. The van der Waals surface area contributed by atoms with Crippen LogP contribution in [0.5, 0.6) is 0 Å². The molecule has 0 aromatic rings. The van der Waals surface area contributed by atoms with Gasteiger partial charge in [0.15, 0.2) is 0 Å². The fraction of sp³-hybridized carbons (Fsp3) is 1.00. The number of rotatable bonds is 3. The van der Waals surface area contributed by atoms with Crippen LogP contribution in [0.1, 0.15) is 12.8 Å². The van der Waals surface area contributed by atoms with Crippen LogP contribution < -0.4 is 0 Å². The monoisotopic (exact) mass is 244 g/mol. The van der Waals surface area contributed by atoms with Gasteiger partial charge in [-0.15, -0.1) is 0 Å². The largest absolute Gasteiger partial charge is 0.381 e. The predicted molar refractivity (Wildman–Crippen MR) is 70.3 cm³/mol. The Balaban J connectivity index is 1.86. The van der Waals surface area contributed by atoms with Gasteiger partial charge >= 0.3 is 0 Å². The van der Waals surface area contributed by atoms with Crippen molar-refractivity contribution in [3.8, 4) is 0 Å². The zero-order valence-corrected chi connectivity index (χ0v) is 11.2. The SMILES string of the molecule is CN1CCN(CC2(CS)CCOCC2)CC1. The van der Waals surface area contributed by atoms with E-state index < -0.39 is 0 Å². The van der Waals surface area contributed by atoms with E-state index in [4.69, 9.17) is 4.74 Å². The van der Waals surface area contributed by atoms with Crippen molar-refractivity contribution in [1.82, 2.24) is 9.80 Å². The molecule has 2 saturated heterocycles. The van der Waals surface area contributed by atoms with Crippen LogP contribution in [-0.2, 0) is 4.74 Å². The van der Waals surface area contributed by atoms with Crippen molar-refractivity contribution in [3.63, 3.8) is 0 Å². The second-order valence-corrected chi connectivity index (χ2v) is 5.67. The molecule has 2 rings (SSSR count). The highest BCUT2D eigenvalue weighted by Gasteiger charge is 2.33. The summed E-state index contributed by atoms with van der Waals surface area (Å²) in [5.41, 5.74) is 0.414. The lowest BCUT2D eigenvalue weighted by atomic mass is 9.81. The van der Waals surface area contributed by atoms with Crippen LogP contribution >= 0.6 is 12.6 Å². The van der Waals surface area contributed by atoms with E-state index in [9.17, 15) is 0 Å². The third-order valence-corrected chi connectivity index (χ3v) is 4.71. The highest BCUT2D eigenvalue weighted by Crippen LogP contribution is 2.32. The van der Waals surface area contributed by atoms with Gasteiger partial charge in [-0.3, -0.25) is 0 Å². The molecule has 0 radical (unpaired) electrons. The maximum atomic E-state index is 5.47. The minimum Gasteiger partial charge on any atom is -0.381 e. The van der Waals surface area contributed by atoms with Gasteiger partial charge in [0.05, 0.1) is 0 Å². The van der Waals surface area contributed by atoms with Crippen LogP contribution in [0.2, 0.25) is 0 Å². The smallest absolute Gasteiger partial charge is 0.0472 e. The lowest BCUT2D eigenvalue weighted by Gasteiger charge is -2.42. The van der Waals surface area contributed by atoms with Crippen LogP contribution in [-0.4, -0.2) is 68.5 Å². The molecule has 2 fully saturated rings. The summed E-state index contributed by atoms with van der Waals surface area (Å²) in [7, 11) is 2.21. The van der Waals surface area contributed by atoms with E-state index in [0.29, 0.717) is 5.41 Å². The van der Waals surface area contributed by atoms with Crippen LogP contribution in [0.25, 0.3) is 0 Å². The van der Waals surface area contributed by atoms with Crippen molar-refractivity contribution in [2.75, 3.05) is 58.7 Å². The molecule has 2 aliphatic heterocycles. The molecular formula is C12H24N2OS. The first-order chi connectivity index (χ1) is 7.74. The van der Waals surface area contributed by atoms with Gasteiger partial charge in [0, 0.05) is 45.9 Å². The first-order valence-corrected chi connectivity index (χ1v) is 6.97. The van der Waals surface area contributed by atoms with E-state index in [1.54, 1.807) is 0 Å². The Morgan fingerprint density at radius 1 is 1.12 bits per heavy atom. The number of thiol groups is 1. The molecule has 0 spiro atoms. The molecule has 4 heteroatoms. The molecule has 0 aliphatic carbocycles. The fourth-order valence-corrected chi connectivity index (χ4v) is 3.07. The molecule has 0 bridgehead atoms. The molecule has 0 unspecified atom stereocenters. The fourth-order valence-electron chi connectivity index (χ4n) is 2.65. The van der Waals surface area contributed by atoms with Gasteiger partial charge in [-0.25, -0.2) is 0 Å². The van der Waals surface area contributed by atoms with Crippen LogP contribution in [0.3, 0.4) is 0 Å². The van der Waals surface area contributed by atoms with E-state index in [2.05, 4.69) is 29.5 Å². The molecule has 0 amide bonds. The van der Waals surface area contributed by atoms with Gasteiger partial charge in [0.25, 0.3) is 0 Å². The summed E-state index contributed by atoms with van der Waals surface area (Å²) in [5, 5.41) is 0. The first-order valence-electron chi connectivity index (χ1n) is 6.34. The molecule has 0 saturated carbocycles. The second kappa shape index (κ2) is 5.71. The normalized spacial score (nSPS) is 28.1. The zero-order chi connectivity index (χ0) is 11.4. The van der Waals surface area contributed by atoms with E-state index in [1.807, 2.05) is 0 Å². The van der Waals surface area contributed by atoms with Crippen LogP contribution in [0.15, 0.2) is 0 Å². The number of piperazine rings is 1. The van der Waals surface area contributed by atoms with Crippen molar-refractivity contribution in [2.45, 2.75) is 12.8 Å². The third-order valence-electron chi connectivity index (χ3n) is 4.04. The summed E-state index contributed by atoms with van der Waals surface area (Å²) in [4.78, 5) is 5.02. The van der Waals surface area contributed by atoms with Gasteiger partial charge in [-0.2, -0.15) is 12.6 Å². The maximum Gasteiger partial charge on any atom is 0.0472 e. The predicted octanol–water partition coefficient (Wildman–Crippen LogP) is 0.960. The first kappa shape index (κ1) is 12.7.